The Bertz CT molecular complexity index is 2710. The van der Waals surface area contributed by atoms with E-state index in [-0.39, 0.29) is 48.4 Å². The average molecular weight is 856 g/mol. The zero-order valence-electron chi connectivity index (χ0n) is 34.1. The van der Waals surface area contributed by atoms with Crippen LogP contribution in [-0.2, 0) is 9.59 Å². The summed E-state index contributed by atoms with van der Waals surface area (Å²) in [6, 6.07) is 21.6. The van der Waals surface area contributed by atoms with Crippen molar-refractivity contribution in [1.29, 1.82) is 0 Å². The number of nitrogens with zero attached hydrogens (tertiary/aromatic N) is 8. The Hall–Kier alpha value is -6.10. The molecule has 0 unspecified atom stereocenters. The van der Waals surface area contributed by atoms with Gasteiger partial charge >= 0.3 is 0 Å². The predicted molar refractivity (Wildman–Crippen MR) is 234 cm³/mol. The van der Waals surface area contributed by atoms with Gasteiger partial charge in [0, 0.05) is 54.7 Å². The highest BCUT2D eigenvalue weighted by Gasteiger charge is 2.43. The van der Waals surface area contributed by atoms with Gasteiger partial charge in [-0.3, -0.25) is 9.59 Å². The quantitative estimate of drug-likeness (QED) is 0.117. The summed E-state index contributed by atoms with van der Waals surface area (Å²) in [5.41, 5.74) is 7.93. The van der Waals surface area contributed by atoms with Crippen molar-refractivity contribution in [3.8, 4) is 38.8 Å². The van der Waals surface area contributed by atoms with Crippen molar-refractivity contribution < 1.29 is 24.3 Å². The maximum absolute atomic E-state index is 14.3. The maximum atomic E-state index is 14.3. The van der Waals surface area contributed by atoms with Crippen LogP contribution in [0.1, 0.15) is 73.4 Å². The van der Waals surface area contributed by atoms with E-state index in [1.165, 1.54) is 9.78 Å². The number of hydrogen-bond donors (Lipinski definition) is 3. The molecule has 0 bridgehead atoms. The molecular formula is C45H45N9O5S2. The van der Waals surface area contributed by atoms with E-state index in [0.717, 1.165) is 51.4 Å². The van der Waals surface area contributed by atoms with Crippen LogP contribution in [0.25, 0.3) is 43.3 Å². The van der Waals surface area contributed by atoms with Crippen LogP contribution in [0, 0.1) is 12.8 Å². The number of thiazole rings is 1. The molecule has 0 spiro atoms. The number of benzene rings is 2. The molecule has 61 heavy (non-hydrogen) atoms. The standard InChI is InChI=1S/C45H45N9O5S2/c1-24(2)41(44(58)54-22-30(55)17-36(54)43(57)48-25(3)27-9-11-28(12-10-27)42-26(4)47-23-60-42)38-18-34(52-59-38)32-13-15-46-45(49-32)53-16-14-29(21-53)39-20-35-40(61-39)19-33(50-51-35)31-7-5-6-8-37(31)56/h5-13,15,18-20,23-25,29-30,36,41,55-56H,14,16-17,21-22H2,1-4H3,(H,48,57)/t25-,29-,30+,36-,41+/m0/s1. The van der Waals surface area contributed by atoms with Crippen LogP contribution < -0.4 is 10.2 Å². The van der Waals surface area contributed by atoms with Crippen molar-refractivity contribution in [2.45, 2.75) is 70.6 Å². The summed E-state index contributed by atoms with van der Waals surface area (Å²) in [5.74, 6) is -0.223. The monoisotopic (exact) mass is 855 g/mol. The van der Waals surface area contributed by atoms with Gasteiger partial charge in [0.15, 0.2) is 0 Å². The smallest absolute Gasteiger partial charge is 0.243 e. The number of β-amino-alcohol motifs (C(OH)–C–C–N with tert-alkyl or cyclic N) is 1. The molecule has 0 radical (unpaired) electrons. The number of likely N-dealkylation sites (tertiary alicyclic amines) is 1. The molecule has 16 heteroatoms. The van der Waals surface area contributed by atoms with Crippen LogP contribution in [0.3, 0.4) is 0 Å². The van der Waals surface area contributed by atoms with Crippen molar-refractivity contribution in [1.82, 2.24) is 40.5 Å². The number of phenolic OH excluding ortho intramolecular Hbond substituents is 1. The molecule has 2 saturated heterocycles. The lowest BCUT2D eigenvalue weighted by Crippen LogP contribution is -2.48. The summed E-state index contributed by atoms with van der Waals surface area (Å²) in [7, 11) is 0. The highest BCUT2D eigenvalue weighted by molar-refractivity contribution is 7.19. The third-order valence-electron chi connectivity index (χ3n) is 11.7. The molecule has 7 aromatic rings. The molecule has 2 aromatic carbocycles. The molecule has 2 aliphatic heterocycles. The van der Waals surface area contributed by atoms with Crippen molar-refractivity contribution in [2.24, 2.45) is 5.92 Å². The minimum Gasteiger partial charge on any atom is -0.507 e. The van der Waals surface area contributed by atoms with E-state index in [9.17, 15) is 19.8 Å². The largest absolute Gasteiger partial charge is 0.507 e. The summed E-state index contributed by atoms with van der Waals surface area (Å²) >= 11 is 3.27. The van der Waals surface area contributed by atoms with Gasteiger partial charge in [-0.25, -0.2) is 15.0 Å². The second kappa shape index (κ2) is 16.7. The van der Waals surface area contributed by atoms with Crippen LogP contribution >= 0.6 is 22.7 Å². The van der Waals surface area contributed by atoms with Crippen molar-refractivity contribution in [3.05, 3.63) is 106 Å². The number of anilines is 1. The molecule has 5 aromatic heterocycles. The van der Waals surface area contributed by atoms with Crippen molar-refractivity contribution in [3.63, 3.8) is 0 Å². The number of phenols is 1. The number of nitrogens with one attached hydrogen (secondary N) is 1. The number of carbonyl (C=O) groups excluding carboxylic acids is 2. The molecule has 9 rings (SSSR count). The number of rotatable bonds is 11. The molecule has 3 N–H and O–H groups in total. The van der Waals surface area contributed by atoms with Crippen LogP contribution in [0.5, 0.6) is 5.75 Å². The lowest BCUT2D eigenvalue weighted by molar-refractivity contribution is -0.141. The topological polar surface area (TPSA) is 184 Å². The van der Waals surface area contributed by atoms with E-state index in [4.69, 9.17) is 9.51 Å². The number of aromatic hydroxyl groups is 1. The van der Waals surface area contributed by atoms with Gasteiger partial charge in [-0.15, -0.1) is 32.9 Å². The van der Waals surface area contributed by atoms with E-state index in [1.54, 1.807) is 53.1 Å². The van der Waals surface area contributed by atoms with Gasteiger partial charge in [0.05, 0.1) is 44.3 Å². The minimum absolute atomic E-state index is 0.0404. The van der Waals surface area contributed by atoms with Crippen LogP contribution in [0.4, 0.5) is 5.95 Å². The molecule has 0 aliphatic carbocycles. The van der Waals surface area contributed by atoms with Gasteiger partial charge in [-0.05, 0) is 67.6 Å². The number of aryl methyl sites for hydroxylation is 1. The Morgan fingerprint density at radius 1 is 0.951 bits per heavy atom. The first-order chi connectivity index (χ1) is 29.5. The Morgan fingerprint density at radius 3 is 2.54 bits per heavy atom. The second-order valence-corrected chi connectivity index (χ2v) is 18.1. The van der Waals surface area contributed by atoms with Gasteiger partial charge in [0.2, 0.25) is 17.8 Å². The first-order valence-electron chi connectivity index (χ1n) is 20.4. The van der Waals surface area contributed by atoms with E-state index in [0.29, 0.717) is 34.4 Å². The highest BCUT2D eigenvalue weighted by atomic mass is 32.1. The lowest BCUT2D eigenvalue weighted by Gasteiger charge is -2.29. The number of fused-ring (bicyclic) bond motifs is 1. The number of carbonyl (C=O) groups is 2. The fraction of sp³-hybridized carbons (Fsp3) is 0.333. The third-order valence-corrected chi connectivity index (χ3v) is 13.9. The van der Waals surface area contributed by atoms with Crippen LogP contribution in [0.15, 0.2) is 89.0 Å². The van der Waals surface area contributed by atoms with Gasteiger partial charge in [0.25, 0.3) is 0 Å². The molecule has 312 valence electrons. The fourth-order valence-electron chi connectivity index (χ4n) is 8.37. The van der Waals surface area contributed by atoms with Gasteiger partial charge in [0.1, 0.15) is 34.7 Å². The number of aliphatic hydroxyl groups excluding tert-OH is 1. The molecule has 7 heterocycles. The zero-order chi connectivity index (χ0) is 42.4. The molecular weight excluding hydrogens is 811 g/mol. The minimum atomic E-state index is -0.844. The molecule has 2 fully saturated rings. The number of aliphatic hydroxyl groups is 1. The maximum Gasteiger partial charge on any atom is 0.243 e. The van der Waals surface area contributed by atoms with Crippen molar-refractivity contribution in [2.75, 3.05) is 24.5 Å². The van der Waals surface area contributed by atoms with Gasteiger partial charge in [-0.2, -0.15) is 0 Å². The van der Waals surface area contributed by atoms with E-state index >= 15 is 0 Å². The second-order valence-electron chi connectivity index (χ2n) is 16.2. The number of para-hydroxylation sites is 1. The lowest BCUT2D eigenvalue weighted by atomic mass is 9.91. The zero-order valence-corrected chi connectivity index (χ0v) is 35.7. The predicted octanol–water partition coefficient (Wildman–Crippen LogP) is 7.51. The third kappa shape index (κ3) is 8.10. The number of aromatic nitrogens is 6. The molecule has 2 amide bonds. The summed E-state index contributed by atoms with van der Waals surface area (Å²) in [5, 5.41) is 37.3. The molecule has 2 aliphatic rings. The first-order valence-corrected chi connectivity index (χ1v) is 22.1. The number of hydrogen-bond acceptors (Lipinski definition) is 14. The first kappa shape index (κ1) is 40.3. The van der Waals surface area contributed by atoms with E-state index < -0.39 is 18.1 Å². The van der Waals surface area contributed by atoms with Crippen LogP contribution in [0.2, 0.25) is 0 Å². The van der Waals surface area contributed by atoms with Gasteiger partial charge in [-0.1, -0.05) is 55.4 Å². The molecule has 0 saturated carbocycles. The Morgan fingerprint density at radius 2 is 1.77 bits per heavy atom. The number of thiophene rings is 1. The summed E-state index contributed by atoms with van der Waals surface area (Å²) in [6.07, 6.45) is 1.91. The highest BCUT2D eigenvalue weighted by Crippen LogP contribution is 2.39. The van der Waals surface area contributed by atoms with E-state index in [1.807, 2.05) is 75.7 Å². The average Bonchev–Trinajstić information content (AvgIpc) is 4.12. The van der Waals surface area contributed by atoms with Crippen LogP contribution in [-0.4, -0.2) is 89.0 Å². The number of amides is 2. The molecule has 14 nitrogen and oxygen atoms in total. The van der Waals surface area contributed by atoms with Gasteiger partial charge < -0.3 is 29.9 Å². The molecule has 5 atom stereocenters. The Labute approximate surface area is 360 Å². The summed E-state index contributed by atoms with van der Waals surface area (Å²) in [4.78, 5) is 47.9. The Balaban J connectivity index is 0.868. The summed E-state index contributed by atoms with van der Waals surface area (Å²) < 4.78 is 6.87. The Kier molecular flexibility index (Phi) is 11.1. The van der Waals surface area contributed by atoms with E-state index in [2.05, 4.69) is 41.6 Å². The van der Waals surface area contributed by atoms with Crippen molar-refractivity contribution >= 4 is 50.7 Å². The fourth-order valence-corrected chi connectivity index (χ4v) is 10.3. The SMILES string of the molecule is Cc1ncsc1-c1ccc([C@H](C)NC(=O)[C@@H]2C[C@@H](O)CN2C(=O)[C@@H](c2cc(-c3ccnc(N4CC[C@H](c5cc6nnc(-c7ccccc7O)cc6s5)C4)n3)no2)C(C)C)cc1. The normalized spacial score (nSPS) is 18.9. The summed E-state index contributed by atoms with van der Waals surface area (Å²) in [6.45, 7) is 9.27.